The van der Waals surface area contributed by atoms with E-state index in [0.717, 1.165) is 0 Å². The number of carbonyl (C=O) groups is 1. The summed E-state index contributed by atoms with van der Waals surface area (Å²) in [7, 11) is 0. The van der Waals surface area contributed by atoms with E-state index in [1.165, 1.54) is 6.08 Å². The lowest BCUT2D eigenvalue weighted by atomic mass is 9.45. The van der Waals surface area contributed by atoms with E-state index < -0.39 is 63.9 Å². The molecule has 0 aliphatic heterocycles. The number of carbonyl (C=O) groups excluding carboxylic acids is 1. The van der Waals surface area contributed by atoms with Crippen LogP contribution in [0.3, 0.4) is 0 Å². The van der Waals surface area contributed by atoms with Gasteiger partial charge in [-0.05, 0) is 89.2 Å². The molecule has 0 unspecified atom stereocenters. The fourth-order valence-electron chi connectivity index (χ4n) is 8.35. The van der Waals surface area contributed by atoms with Crippen molar-refractivity contribution >= 4 is 5.78 Å². The molecular formula is C27H44O8. The third-order valence-electron chi connectivity index (χ3n) is 10.7. The first-order chi connectivity index (χ1) is 15.9. The van der Waals surface area contributed by atoms with E-state index in [2.05, 4.69) is 0 Å². The van der Waals surface area contributed by atoms with Crippen LogP contribution in [0.15, 0.2) is 11.6 Å². The van der Waals surface area contributed by atoms with Gasteiger partial charge in [0.25, 0.3) is 0 Å². The lowest BCUT2D eigenvalue weighted by Gasteiger charge is -2.61. The summed E-state index contributed by atoms with van der Waals surface area (Å²) in [6.45, 7) is 8.59. The van der Waals surface area contributed by atoms with Crippen molar-refractivity contribution in [1.82, 2.24) is 0 Å². The van der Waals surface area contributed by atoms with Crippen LogP contribution in [0.5, 0.6) is 0 Å². The largest absolute Gasteiger partial charge is 0.390 e. The van der Waals surface area contributed by atoms with E-state index in [9.17, 15) is 40.5 Å². The highest BCUT2D eigenvalue weighted by Gasteiger charge is 2.70. The number of aliphatic hydroxyl groups is 7. The van der Waals surface area contributed by atoms with Crippen molar-refractivity contribution in [2.45, 2.75) is 121 Å². The molecule has 4 rings (SSSR count). The minimum atomic E-state index is -1.52. The summed E-state index contributed by atoms with van der Waals surface area (Å²) in [6, 6.07) is 0. The minimum Gasteiger partial charge on any atom is -0.390 e. The highest BCUT2D eigenvalue weighted by atomic mass is 16.4. The summed E-state index contributed by atoms with van der Waals surface area (Å²) in [5, 5.41) is 76.6. The van der Waals surface area contributed by atoms with E-state index in [4.69, 9.17) is 0 Å². The lowest BCUT2D eigenvalue weighted by Crippen LogP contribution is -2.66. The number of ketones is 1. The van der Waals surface area contributed by atoms with Crippen LogP contribution in [0.2, 0.25) is 0 Å². The quantitative estimate of drug-likeness (QED) is 0.295. The molecule has 8 heteroatoms. The molecule has 4 aliphatic carbocycles. The molecule has 35 heavy (non-hydrogen) atoms. The molecule has 0 amide bonds. The van der Waals surface area contributed by atoms with Crippen LogP contribution in [0, 0.1) is 28.6 Å². The van der Waals surface area contributed by atoms with Crippen LogP contribution in [0.4, 0.5) is 0 Å². The number of aliphatic hydroxyl groups excluding tert-OH is 4. The molecule has 200 valence electrons. The Kier molecular flexibility index (Phi) is 6.46. The second-order valence-corrected chi connectivity index (χ2v) is 13.2. The predicted molar refractivity (Wildman–Crippen MR) is 128 cm³/mol. The average molecular weight is 497 g/mol. The zero-order valence-electron chi connectivity index (χ0n) is 21.6. The van der Waals surface area contributed by atoms with Crippen molar-refractivity contribution in [2.75, 3.05) is 0 Å². The maximum Gasteiger partial charge on any atom is 0.159 e. The Morgan fingerprint density at radius 2 is 1.69 bits per heavy atom. The fourth-order valence-corrected chi connectivity index (χ4v) is 8.35. The summed E-state index contributed by atoms with van der Waals surface area (Å²) < 4.78 is 0. The van der Waals surface area contributed by atoms with Crippen molar-refractivity contribution in [3.63, 3.8) is 0 Å². The molecule has 4 aliphatic rings. The number of hydrogen-bond donors (Lipinski definition) is 7. The van der Waals surface area contributed by atoms with Crippen molar-refractivity contribution < 1.29 is 40.5 Å². The van der Waals surface area contributed by atoms with E-state index >= 15 is 0 Å². The molecule has 3 fully saturated rings. The molecule has 0 bridgehead atoms. The van der Waals surface area contributed by atoms with Gasteiger partial charge in [0.2, 0.25) is 0 Å². The maximum atomic E-state index is 13.3. The highest BCUT2D eigenvalue weighted by Crippen LogP contribution is 2.68. The zero-order valence-corrected chi connectivity index (χ0v) is 21.6. The van der Waals surface area contributed by atoms with Gasteiger partial charge < -0.3 is 35.7 Å². The molecule has 0 radical (unpaired) electrons. The van der Waals surface area contributed by atoms with Crippen LogP contribution in [-0.4, -0.2) is 82.7 Å². The first kappa shape index (κ1) is 27.2. The van der Waals surface area contributed by atoms with Crippen LogP contribution in [0.1, 0.15) is 79.6 Å². The van der Waals surface area contributed by atoms with Gasteiger partial charge in [-0.3, -0.25) is 4.79 Å². The molecular weight excluding hydrogens is 452 g/mol. The fraction of sp³-hybridized carbons (Fsp3) is 0.889. The first-order valence-electron chi connectivity index (χ1n) is 13.1. The van der Waals surface area contributed by atoms with Gasteiger partial charge in [0, 0.05) is 16.7 Å². The van der Waals surface area contributed by atoms with Crippen molar-refractivity contribution in [2.24, 2.45) is 28.6 Å². The molecule has 8 nitrogen and oxygen atoms in total. The zero-order chi connectivity index (χ0) is 26.4. The van der Waals surface area contributed by atoms with Crippen LogP contribution < -0.4 is 0 Å². The Labute approximate surface area is 207 Å². The van der Waals surface area contributed by atoms with Gasteiger partial charge >= 0.3 is 0 Å². The monoisotopic (exact) mass is 496 g/mol. The molecule has 7 N–H and O–H groups in total. The van der Waals surface area contributed by atoms with E-state index in [0.29, 0.717) is 37.7 Å². The number of rotatable bonds is 5. The number of hydrogen-bond acceptors (Lipinski definition) is 8. The van der Waals surface area contributed by atoms with Gasteiger partial charge in [-0.15, -0.1) is 0 Å². The van der Waals surface area contributed by atoms with E-state index in [1.54, 1.807) is 27.7 Å². The maximum absolute atomic E-state index is 13.3. The van der Waals surface area contributed by atoms with Gasteiger partial charge in [-0.25, -0.2) is 0 Å². The normalized spacial score (nSPS) is 48.3. The Balaban J connectivity index is 1.69. The number of allylic oxidation sites excluding steroid dienone is 1. The molecule has 0 aromatic carbocycles. The highest BCUT2D eigenvalue weighted by molar-refractivity contribution is 5.95. The second kappa shape index (κ2) is 8.32. The Morgan fingerprint density at radius 1 is 1.06 bits per heavy atom. The predicted octanol–water partition coefficient (Wildman–Crippen LogP) is 0.825. The summed E-state index contributed by atoms with van der Waals surface area (Å²) in [5.74, 6) is -1.73. The number of fused-ring (bicyclic) bond motifs is 5. The van der Waals surface area contributed by atoms with E-state index in [1.807, 2.05) is 6.92 Å². The van der Waals surface area contributed by atoms with Gasteiger partial charge in [0.15, 0.2) is 5.78 Å². The van der Waals surface area contributed by atoms with E-state index in [-0.39, 0.29) is 24.5 Å². The topological polar surface area (TPSA) is 159 Å². The minimum absolute atomic E-state index is 0.0638. The smallest absolute Gasteiger partial charge is 0.159 e. The standard InChI is InChI=1S/C27H44O8/c1-23(2,33)9-8-20(30)26(5,34)19-7-11-27(35)15-12-17(28)16-13-18(29)21(31)22(32)25(16,4)14(15)6-10-24(19,27)3/h12,14,16,18-22,29-35H,6-11,13H2,1-5H3/t14-,16-,18+,19-,20+,21+,22+,24+,25+,26+,27+/m0/s1. The lowest BCUT2D eigenvalue weighted by molar-refractivity contribution is -0.205. The summed E-state index contributed by atoms with van der Waals surface area (Å²) in [4.78, 5) is 13.3. The summed E-state index contributed by atoms with van der Waals surface area (Å²) >= 11 is 0. The van der Waals surface area contributed by atoms with Crippen molar-refractivity contribution in [3.8, 4) is 0 Å². The van der Waals surface area contributed by atoms with Crippen LogP contribution in [0.25, 0.3) is 0 Å². The molecule has 11 atom stereocenters. The van der Waals surface area contributed by atoms with Crippen LogP contribution in [-0.2, 0) is 4.79 Å². The van der Waals surface area contributed by atoms with Gasteiger partial charge in [-0.1, -0.05) is 13.8 Å². The Hall–Kier alpha value is -0.870. The molecule has 3 saturated carbocycles. The third kappa shape index (κ3) is 3.78. The van der Waals surface area contributed by atoms with Gasteiger partial charge in [0.1, 0.15) is 6.10 Å². The SMILES string of the molecule is CC(C)(O)CC[C@@H](O)[C@](C)(O)[C@H]1CC[C@@]2(O)C3=CC(=O)[C@@H]4C[C@@H](O)[C@@H](O)[C@@H](O)[C@]4(C)[C@H]3CC[C@]12C. The van der Waals surface area contributed by atoms with Crippen LogP contribution >= 0.6 is 0 Å². The first-order valence-corrected chi connectivity index (χ1v) is 13.1. The molecule has 0 aromatic heterocycles. The van der Waals surface area contributed by atoms with Gasteiger partial charge in [-0.2, -0.15) is 0 Å². The van der Waals surface area contributed by atoms with Crippen molar-refractivity contribution in [3.05, 3.63) is 11.6 Å². The Morgan fingerprint density at radius 3 is 2.29 bits per heavy atom. The third-order valence-corrected chi connectivity index (χ3v) is 10.7. The Bertz CT molecular complexity index is 892. The molecule has 0 spiro atoms. The average Bonchev–Trinajstić information content (AvgIpc) is 3.04. The van der Waals surface area contributed by atoms with Crippen molar-refractivity contribution in [1.29, 1.82) is 0 Å². The second-order valence-electron chi connectivity index (χ2n) is 13.2. The summed E-state index contributed by atoms with van der Waals surface area (Å²) in [6.07, 6.45) is -1.09. The molecule has 0 aromatic rings. The molecule has 0 saturated heterocycles. The van der Waals surface area contributed by atoms with Gasteiger partial charge in [0.05, 0.1) is 35.1 Å². The summed E-state index contributed by atoms with van der Waals surface area (Å²) in [5.41, 5.74) is -5.21. The molecule has 0 heterocycles.